The van der Waals surface area contributed by atoms with Crippen LogP contribution in [0.25, 0.3) is 5.57 Å². The number of rotatable bonds is 1. The Hall–Kier alpha value is -1.56. The molecule has 2 unspecified atom stereocenters. The summed E-state index contributed by atoms with van der Waals surface area (Å²) in [6, 6.07) is 2.58. The van der Waals surface area contributed by atoms with E-state index in [9.17, 15) is 17.6 Å². The van der Waals surface area contributed by atoms with E-state index in [1.807, 2.05) is 13.0 Å². The average molecular weight is 313 g/mol. The molecule has 6 heteroatoms. The number of allylic oxidation sites excluding steroid dienone is 2. The normalized spacial score (nSPS) is 24.6. The van der Waals surface area contributed by atoms with Gasteiger partial charge in [0, 0.05) is 10.8 Å². The molecule has 21 heavy (non-hydrogen) atoms. The van der Waals surface area contributed by atoms with E-state index in [0.717, 1.165) is 17.0 Å². The van der Waals surface area contributed by atoms with E-state index < -0.39 is 17.6 Å². The first-order valence-corrected chi connectivity index (χ1v) is 7.22. The third kappa shape index (κ3) is 2.64. The molecule has 0 saturated heterocycles. The average Bonchev–Trinajstić information content (AvgIpc) is 2.86. The second-order valence-corrected chi connectivity index (χ2v) is 5.94. The predicted octanol–water partition coefficient (Wildman–Crippen LogP) is 4.91. The molecule has 1 aromatic rings. The fourth-order valence-corrected chi connectivity index (χ4v) is 3.45. The van der Waals surface area contributed by atoms with Gasteiger partial charge in [0.1, 0.15) is 5.82 Å². The Morgan fingerprint density at radius 1 is 1.14 bits per heavy atom. The highest BCUT2D eigenvalue weighted by Crippen LogP contribution is 2.42. The molecular weight excluding hydrogens is 302 g/mol. The summed E-state index contributed by atoms with van der Waals surface area (Å²) in [4.78, 5) is 5.39. The number of hydrogen-bond acceptors (Lipinski definition) is 2. The Balaban J connectivity index is 2.05. The van der Waals surface area contributed by atoms with E-state index in [0.29, 0.717) is 11.6 Å². The minimum absolute atomic E-state index is 0.0763. The highest BCUT2D eigenvalue weighted by molar-refractivity contribution is 8.15. The fourth-order valence-electron chi connectivity index (χ4n) is 2.59. The van der Waals surface area contributed by atoms with E-state index in [-0.39, 0.29) is 17.5 Å². The first-order chi connectivity index (χ1) is 9.86. The van der Waals surface area contributed by atoms with Gasteiger partial charge in [-0.1, -0.05) is 24.8 Å². The highest BCUT2D eigenvalue weighted by atomic mass is 32.2. The maximum absolute atomic E-state index is 13.5. The molecule has 1 aliphatic carbocycles. The van der Waals surface area contributed by atoms with Crippen molar-refractivity contribution in [2.24, 2.45) is 10.9 Å². The first kappa shape index (κ1) is 14.4. The second kappa shape index (κ2) is 5.02. The van der Waals surface area contributed by atoms with Crippen molar-refractivity contribution in [3.05, 3.63) is 52.2 Å². The van der Waals surface area contributed by atoms with Crippen LogP contribution < -0.4 is 0 Å². The fraction of sp³-hybridized carbons (Fsp3) is 0.267. The van der Waals surface area contributed by atoms with Gasteiger partial charge in [-0.05, 0) is 35.4 Å². The molecule has 0 bridgehead atoms. The molecule has 0 saturated carbocycles. The smallest absolute Gasteiger partial charge is 0.277 e. The van der Waals surface area contributed by atoms with E-state index in [4.69, 9.17) is 0 Å². The summed E-state index contributed by atoms with van der Waals surface area (Å²) in [7, 11) is 0. The van der Waals surface area contributed by atoms with Crippen LogP contribution in [0.2, 0.25) is 0 Å². The number of hydrogen-bond donors (Lipinski definition) is 0. The van der Waals surface area contributed by atoms with Crippen LogP contribution in [-0.2, 0) is 6.18 Å². The zero-order valence-corrected chi connectivity index (χ0v) is 11.8. The Morgan fingerprint density at radius 2 is 1.90 bits per heavy atom. The third-order valence-electron chi connectivity index (χ3n) is 3.65. The van der Waals surface area contributed by atoms with Crippen LogP contribution in [0, 0.1) is 11.7 Å². The maximum atomic E-state index is 13.5. The summed E-state index contributed by atoms with van der Waals surface area (Å²) in [5.41, 5.74) is 1.70. The number of fused-ring (bicyclic) bond motifs is 1. The SMILES string of the molecule is CC1C(c2cc(F)cc(C(F)(F)F)c2)=CC=C2SC=NC21. The molecule has 3 rings (SSSR count). The topological polar surface area (TPSA) is 12.4 Å². The lowest BCUT2D eigenvalue weighted by molar-refractivity contribution is -0.137. The lowest BCUT2D eigenvalue weighted by Crippen LogP contribution is -2.19. The van der Waals surface area contributed by atoms with Gasteiger partial charge in [0.15, 0.2) is 0 Å². The third-order valence-corrected chi connectivity index (χ3v) is 4.53. The summed E-state index contributed by atoms with van der Waals surface area (Å²) in [6.45, 7) is 1.89. The number of thioether (sulfide) groups is 1. The molecule has 110 valence electrons. The van der Waals surface area contributed by atoms with Crippen LogP contribution in [-0.4, -0.2) is 11.6 Å². The highest BCUT2D eigenvalue weighted by Gasteiger charge is 2.34. The molecule has 0 aromatic heterocycles. The maximum Gasteiger partial charge on any atom is 0.416 e. The van der Waals surface area contributed by atoms with Crippen molar-refractivity contribution < 1.29 is 17.6 Å². The largest absolute Gasteiger partial charge is 0.416 e. The summed E-state index contributed by atoms with van der Waals surface area (Å²) in [6.07, 6.45) is -0.958. The van der Waals surface area contributed by atoms with Gasteiger partial charge in [0.2, 0.25) is 0 Å². The van der Waals surface area contributed by atoms with Crippen molar-refractivity contribution in [1.29, 1.82) is 0 Å². The molecule has 1 aliphatic heterocycles. The van der Waals surface area contributed by atoms with Gasteiger partial charge in [-0.2, -0.15) is 13.2 Å². The van der Waals surface area contributed by atoms with Crippen molar-refractivity contribution >= 4 is 22.9 Å². The molecule has 0 N–H and O–H groups in total. The van der Waals surface area contributed by atoms with Crippen LogP contribution in [0.4, 0.5) is 17.6 Å². The molecule has 1 heterocycles. The lowest BCUT2D eigenvalue weighted by Gasteiger charge is -2.25. The van der Waals surface area contributed by atoms with Crippen molar-refractivity contribution in [3.8, 4) is 0 Å². The minimum atomic E-state index is -4.56. The zero-order valence-electron chi connectivity index (χ0n) is 11.0. The molecule has 2 aliphatic rings. The summed E-state index contributed by atoms with van der Waals surface area (Å²) in [5.74, 6) is -0.967. The predicted molar refractivity (Wildman–Crippen MR) is 76.5 cm³/mol. The number of nitrogens with zero attached hydrogens (tertiary/aromatic N) is 1. The van der Waals surface area contributed by atoms with Crippen molar-refractivity contribution in [2.45, 2.75) is 19.1 Å². The van der Waals surface area contributed by atoms with Crippen LogP contribution in [0.5, 0.6) is 0 Å². The van der Waals surface area contributed by atoms with Gasteiger partial charge >= 0.3 is 6.18 Å². The number of aliphatic imine (C=N–C) groups is 1. The minimum Gasteiger partial charge on any atom is -0.277 e. The molecule has 0 spiro atoms. The van der Waals surface area contributed by atoms with Gasteiger partial charge in [-0.15, -0.1) is 0 Å². The van der Waals surface area contributed by atoms with Crippen LogP contribution in [0.15, 0.2) is 40.2 Å². The Labute approximate surface area is 123 Å². The Morgan fingerprint density at radius 3 is 2.62 bits per heavy atom. The van der Waals surface area contributed by atoms with Crippen molar-refractivity contribution in [3.63, 3.8) is 0 Å². The van der Waals surface area contributed by atoms with Crippen molar-refractivity contribution in [2.75, 3.05) is 0 Å². The van der Waals surface area contributed by atoms with Crippen molar-refractivity contribution in [1.82, 2.24) is 0 Å². The lowest BCUT2D eigenvalue weighted by atomic mass is 9.84. The van der Waals surface area contributed by atoms with Gasteiger partial charge in [-0.25, -0.2) is 4.39 Å². The van der Waals surface area contributed by atoms with Gasteiger partial charge in [0.05, 0.1) is 17.2 Å². The van der Waals surface area contributed by atoms with Gasteiger partial charge in [-0.3, -0.25) is 4.99 Å². The van der Waals surface area contributed by atoms with E-state index in [1.54, 1.807) is 11.6 Å². The molecule has 1 nitrogen and oxygen atoms in total. The molecule has 1 aromatic carbocycles. The first-order valence-electron chi connectivity index (χ1n) is 6.34. The molecule has 0 radical (unpaired) electrons. The van der Waals surface area contributed by atoms with E-state index in [1.165, 1.54) is 11.8 Å². The molecule has 2 atom stereocenters. The van der Waals surface area contributed by atoms with Crippen LogP contribution in [0.3, 0.4) is 0 Å². The number of benzene rings is 1. The second-order valence-electron chi connectivity index (χ2n) is 5.02. The number of alkyl halides is 3. The number of halogens is 4. The Bertz CT molecular complexity index is 673. The van der Waals surface area contributed by atoms with Gasteiger partial charge < -0.3 is 0 Å². The summed E-state index contributed by atoms with van der Waals surface area (Å²) in [5, 5.41) is 0. The molecule has 0 amide bonds. The quantitative estimate of drug-likeness (QED) is 0.671. The summed E-state index contributed by atoms with van der Waals surface area (Å²) < 4.78 is 51.9. The zero-order chi connectivity index (χ0) is 15.2. The Kier molecular flexibility index (Phi) is 3.43. The van der Waals surface area contributed by atoms with Gasteiger partial charge in [0.25, 0.3) is 0 Å². The van der Waals surface area contributed by atoms with Crippen LogP contribution >= 0.6 is 11.8 Å². The van der Waals surface area contributed by atoms with E-state index in [2.05, 4.69) is 4.99 Å². The standard InChI is InChI=1S/C15H11F4NS/c1-8-12(2-3-13-14(8)20-7-21-13)9-4-10(15(17,18)19)6-11(16)5-9/h2-8,14H,1H3. The molecular formula is C15H11F4NS. The van der Waals surface area contributed by atoms with E-state index >= 15 is 0 Å². The summed E-state index contributed by atoms with van der Waals surface area (Å²) >= 11 is 1.51. The molecule has 0 fully saturated rings. The van der Waals surface area contributed by atoms with Crippen LogP contribution in [0.1, 0.15) is 18.1 Å². The monoisotopic (exact) mass is 313 g/mol.